The highest BCUT2D eigenvalue weighted by Gasteiger charge is 2.36. The van der Waals surface area contributed by atoms with Crippen LogP contribution in [0.4, 0.5) is 8.78 Å². The van der Waals surface area contributed by atoms with Crippen LogP contribution in [0.1, 0.15) is 134 Å². The smallest absolute Gasteiger partial charge is 0.248 e. The maximum atomic E-state index is 14.3. The number of ether oxygens (including phenoxy) is 1. The van der Waals surface area contributed by atoms with Crippen LogP contribution in [-0.4, -0.2) is 78.3 Å². The van der Waals surface area contributed by atoms with Crippen molar-refractivity contribution in [3.63, 3.8) is 0 Å². The molecular weight excluding hydrogens is 971 g/mol. The molecule has 0 radical (unpaired) electrons. The number of alkyl halides is 2. The summed E-state index contributed by atoms with van der Waals surface area (Å²) in [5.41, 5.74) is 10.6. The second-order valence-electron chi connectivity index (χ2n) is 21.9. The van der Waals surface area contributed by atoms with Crippen molar-refractivity contribution < 1.29 is 23.1 Å². The van der Waals surface area contributed by atoms with Crippen molar-refractivity contribution in [2.45, 2.75) is 140 Å². The molecule has 2 saturated heterocycles. The Morgan fingerprint density at radius 3 is 2.24 bits per heavy atom. The summed E-state index contributed by atoms with van der Waals surface area (Å²) in [5, 5.41) is 15.7. The lowest BCUT2D eigenvalue weighted by Gasteiger charge is -2.31. The minimum absolute atomic E-state index is 0.0174. The van der Waals surface area contributed by atoms with Crippen LogP contribution in [0.25, 0.3) is 21.8 Å². The van der Waals surface area contributed by atoms with Gasteiger partial charge in [-0.25, -0.2) is 8.78 Å². The van der Waals surface area contributed by atoms with Crippen LogP contribution in [0, 0.1) is 25.7 Å². The van der Waals surface area contributed by atoms with Crippen molar-refractivity contribution >= 4 is 49.6 Å². The van der Waals surface area contributed by atoms with Gasteiger partial charge in [0.25, 0.3) is 0 Å². The minimum atomic E-state index is -2.57. The second-order valence-corrected chi connectivity index (χ2v) is 22.8. The number of nitrogens with one attached hydrogen (secondary N) is 4. The van der Waals surface area contributed by atoms with E-state index in [1.807, 2.05) is 0 Å². The highest BCUT2D eigenvalue weighted by Crippen LogP contribution is 2.44. The van der Waals surface area contributed by atoms with E-state index in [2.05, 4.69) is 158 Å². The third-order valence-electron chi connectivity index (χ3n) is 16.4. The lowest BCUT2D eigenvalue weighted by molar-refractivity contribution is -0.123. The molecule has 12 heteroatoms. The number of hydrogen-bond donors (Lipinski definition) is 4. The van der Waals surface area contributed by atoms with E-state index in [4.69, 9.17) is 4.74 Å². The van der Waals surface area contributed by atoms with Crippen LogP contribution in [-0.2, 0) is 27.4 Å². The standard InChI is InChI=1S/C60H73BrF2N6O3/c1-39-7-5-10-44(25-39)51(31-58(70)66-34-49-33-65-23-24-72-49)55-38-69(57-14-13-47(61)30-53(55)57)36-42-8-6-9-43(28-42)45-26-40(2)27-46(29-45)52(32-59(71)67-48-17-21-64-22-18-48)54-37-68(56-12-4-3-11-50(54)56)35-41-15-19-60(62,63)20-16-41/h3-5,7,10-14,25-27,29-30,37-38,41-43,48-49,51-52,64-65H,6,8-9,15-24,28,31-36H2,1-2H3,(H,66,70)(H,67,71). The molecule has 2 aliphatic carbocycles. The first-order chi connectivity index (χ1) is 34.9. The van der Waals surface area contributed by atoms with E-state index in [1.165, 1.54) is 22.2 Å². The van der Waals surface area contributed by atoms with Gasteiger partial charge in [0, 0.05) is 115 Å². The summed E-state index contributed by atoms with van der Waals surface area (Å²) >= 11 is 3.80. The summed E-state index contributed by atoms with van der Waals surface area (Å²) in [7, 11) is 0. The molecule has 4 N–H and O–H groups in total. The van der Waals surface area contributed by atoms with Gasteiger partial charge in [0.1, 0.15) is 0 Å². The van der Waals surface area contributed by atoms with E-state index >= 15 is 0 Å². The molecule has 5 atom stereocenters. The van der Waals surface area contributed by atoms with Gasteiger partial charge < -0.3 is 35.1 Å². The Morgan fingerprint density at radius 1 is 0.736 bits per heavy atom. The van der Waals surface area contributed by atoms with Gasteiger partial charge in [-0.1, -0.05) is 94.1 Å². The quantitative estimate of drug-likeness (QED) is 0.0774. The molecular formula is C60H73BrF2N6O3. The lowest BCUT2D eigenvalue weighted by Crippen LogP contribution is -2.45. The van der Waals surface area contributed by atoms with Crippen LogP contribution in [0.5, 0.6) is 0 Å². The number of rotatable bonds is 16. The average Bonchev–Trinajstić information content (AvgIpc) is 3.92. The van der Waals surface area contributed by atoms with Crippen LogP contribution in [0.2, 0.25) is 0 Å². The zero-order chi connectivity index (χ0) is 49.8. The number of nitrogens with zero attached hydrogens (tertiary/aromatic N) is 2. The number of amides is 2. The average molecular weight is 1040 g/mol. The maximum absolute atomic E-state index is 14.3. The van der Waals surface area contributed by atoms with E-state index in [9.17, 15) is 18.4 Å². The number of hydrogen-bond acceptors (Lipinski definition) is 5. The van der Waals surface area contributed by atoms with Gasteiger partial charge in [0.2, 0.25) is 17.7 Å². The molecule has 10 rings (SSSR count). The summed E-state index contributed by atoms with van der Waals surface area (Å²) in [6, 6.07) is 30.9. The third-order valence-corrected chi connectivity index (χ3v) is 16.9. The number of fused-ring (bicyclic) bond motifs is 2. The largest absolute Gasteiger partial charge is 0.374 e. The Hall–Kier alpha value is -4.88. The molecule has 0 bridgehead atoms. The third kappa shape index (κ3) is 12.2. The van der Waals surface area contributed by atoms with Gasteiger partial charge >= 0.3 is 0 Å². The number of aromatic nitrogens is 2. The molecule has 0 spiro atoms. The summed E-state index contributed by atoms with van der Waals surface area (Å²) < 4.78 is 40.2. The lowest BCUT2D eigenvalue weighted by atomic mass is 9.76. The first-order valence-electron chi connectivity index (χ1n) is 26.9. The van der Waals surface area contributed by atoms with Crippen molar-refractivity contribution in [1.82, 2.24) is 30.4 Å². The minimum Gasteiger partial charge on any atom is -0.374 e. The van der Waals surface area contributed by atoms with E-state index in [-0.39, 0.29) is 54.6 Å². The summed E-state index contributed by atoms with van der Waals surface area (Å²) in [4.78, 5) is 28.1. The maximum Gasteiger partial charge on any atom is 0.248 e. The zero-order valence-corrected chi connectivity index (χ0v) is 43.8. The number of carbonyl (C=O) groups excluding carboxylic acids is 2. The Labute approximate surface area is 432 Å². The van der Waals surface area contributed by atoms with Crippen molar-refractivity contribution in [2.24, 2.45) is 11.8 Å². The van der Waals surface area contributed by atoms with Gasteiger partial charge in [-0.05, 0) is 142 Å². The van der Waals surface area contributed by atoms with Crippen molar-refractivity contribution in [2.75, 3.05) is 39.3 Å². The molecule has 2 saturated carbocycles. The normalized spacial score (nSPS) is 21.9. The van der Waals surface area contributed by atoms with Gasteiger partial charge in [0.05, 0.1) is 12.7 Å². The molecule has 4 heterocycles. The van der Waals surface area contributed by atoms with Crippen molar-refractivity contribution in [3.05, 3.63) is 141 Å². The highest BCUT2D eigenvalue weighted by atomic mass is 79.9. The number of benzene rings is 4. The fraction of sp³-hybridized carbons (Fsp3) is 0.500. The molecule has 6 aromatic rings. The number of morpholine rings is 1. The van der Waals surface area contributed by atoms with Gasteiger partial charge in [-0.3, -0.25) is 9.59 Å². The Bertz CT molecular complexity index is 2840. The Kier molecular flexibility index (Phi) is 16.0. The fourth-order valence-corrected chi connectivity index (χ4v) is 13.0. The second kappa shape index (κ2) is 22.7. The Morgan fingerprint density at radius 2 is 1.46 bits per heavy atom. The van der Waals surface area contributed by atoms with Crippen LogP contribution in [0.3, 0.4) is 0 Å². The fourth-order valence-electron chi connectivity index (χ4n) is 12.7. The molecule has 2 aromatic heterocycles. The SMILES string of the molecule is Cc1cccc(C(CC(=O)NCC2CNCCO2)c2cn(CC3CCCC(c4cc(C)cc(C(CC(=O)NC5CCNCC5)c5cn(CC6CCC(F)(F)CC6)c6ccccc56)c4)C3)c3ccc(Br)cc23)c1. The van der Waals surface area contributed by atoms with Crippen molar-refractivity contribution in [3.8, 4) is 0 Å². The number of piperidine rings is 1. The molecule has 4 aliphatic rings. The molecule has 2 amide bonds. The Balaban J connectivity index is 0.929. The zero-order valence-electron chi connectivity index (χ0n) is 42.2. The van der Waals surface area contributed by atoms with E-state index in [0.717, 1.165) is 114 Å². The highest BCUT2D eigenvalue weighted by molar-refractivity contribution is 9.10. The van der Waals surface area contributed by atoms with E-state index < -0.39 is 5.92 Å². The summed E-state index contributed by atoms with van der Waals surface area (Å²) in [5.74, 6) is -1.82. The molecule has 9 nitrogen and oxygen atoms in total. The monoisotopic (exact) mass is 1040 g/mol. The van der Waals surface area contributed by atoms with Crippen LogP contribution in [0.15, 0.2) is 102 Å². The van der Waals surface area contributed by atoms with Gasteiger partial charge in [-0.15, -0.1) is 0 Å². The molecule has 2 aliphatic heterocycles. The van der Waals surface area contributed by atoms with Crippen molar-refractivity contribution in [1.29, 1.82) is 0 Å². The summed E-state index contributed by atoms with van der Waals surface area (Å²) in [6.07, 6.45) is 12.4. The van der Waals surface area contributed by atoms with Crippen LogP contribution >= 0.6 is 15.9 Å². The number of aryl methyl sites for hydroxylation is 2. The molecule has 382 valence electrons. The number of para-hydroxylation sites is 1. The molecule has 4 aromatic carbocycles. The predicted molar refractivity (Wildman–Crippen MR) is 288 cm³/mol. The van der Waals surface area contributed by atoms with E-state index in [0.29, 0.717) is 57.2 Å². The molecule has 5 unspecified atom stereocenters. The topological polar surface area (TPSA) is 101 Å². The first kappa shape index (κ1) is 50.6. The van der Waals surface area contributed by atoms with Gasteiger partial charge in [-0.2, -0.15) is 0 Å². The van der Waals surface area contributed by atoms with Gasteiger partial charge in [0.15, 0.2) is 0 Å². The number of carbonyl (C=O) groups is 2. The van der Waals surface area contributed by atoms with Crippen LogP contribution < -0.4 is 21.3 Å². The van der Waals surface area contributed by atoms with E-state index in [1.54, 1.807) is 0 Å². The first-order valence-corrected chi connectivity index (χ1v) is 27.7. The number of halogens is 3. The summed E-state index contributed by atoms with van der Waals surface area (Å²) in [6.45, 7) is 10.4. The predicted octanol–water partition coefficient (Wildman–Crippen LogP) is 11.8. The molecule has 72 heavy (non-hydrogen) atoms. The molecule has 4 fully saturated rings.